The predicted molar refractivity (Wildman–Crippen MR) is 117 cm³/mol. The predicted octanol–water partition coefficient (Wildman–Crippen LogP) is 3.10. The standard InChI is InChI=1S/C22H28N4O3S/c1-22(2,3)14-4-6-15(7-5-14)30-9-8-16-20-21(24-12-23-16)26(13-25-20)19-10-17(28)18(11-27)29-19/h4-7,12-13,17-19,27-28H,8-11H2,1-3H3/t17-,18+,19+/m0/s1. The van der Waals surface area contributed by atoms with Crippen LogP contribution in [-0.4, -0.2) is 54.3 Å². The van der Waals surface area contributed by atoms with Crippen LogP contribution in [0.4, 0.5) is 0 Å². The lowest BCUT2D eigenvalue weighted by Crippen LogP contribution is -2.24. The largest absolute Gasteiger partial charge is 0.394 e. The van der Waals surface area contributed by atoms with Gasteiger partial charge in [-0.25, -0.2) is 15.0 Å². The normalized spacial score (nSPS) is 22.1. The summed E-state index contributed by atoms with van der Waals surface area (Å²) in [7, 11) is 0. The summed E-state index contributed by atoms with van der Waals surface area (Å²) >= 11 is 1.80. The summed E-state index contributed by atoms with van der Waals surface area (Å²) in [6, 6.07) is 8.75. The number of thioether (sulfide) groups is 1. The third-order valence-electron chi connectivity index (χ3n) is 5.46. The number of aryl methyl sites for hydroxylation is 1. The van der Waals surface area contributed by atoms with Crippen LogP contribution in [0.3, 0.4) is 0 Å². The Labute approximate surface area is 180 Å². The maximum Gasteiger partial charge on any atom is 0.165 e. The molecule has 4 rings (SSSR count). The van der Waals surface area contributed by atoms with Crippen molar-refractivity contribution in [2.24, 2.45) is 0 Å². The maximum absolute atomic E-state index is 10.0. The van der Waals surface area contributed by atoms with Crippen LogP contribution >= 0.6 is 11.8 Å². The molecule has 1 aliphatic rings. The summed E-state index contributed by atoms with van der Waals surface area (Å²) < 4.78 is 7.56. The van der Waals surface area contributed by atoms with Gasteiger partial charge >= 0.3 is 0 Å². The molecule has 1 aliphatic heterocycles. The first kappa shape index (κ1) is 21.2. The van der Waals surface area contributed by atoms with E-state index in [1.807, 2.05) is 4.57 Å². The second-order valence-electron chi connectivity index (χ2n) is 8.63. The molecule has 1 saturated heterocycles. The number of aliphatic hydroxyl groups is 2. The van der Waals surface area contributed by atoms with Crippen molar-refractivity contribution in [3.63, 3.8) is 0 Å². The number of rotatable bonds is 6. The van der Waals surface area contributed by atoms with Crippen molar-refractivity contribution in [2.45, 2.75) is 62.4 Å². The lowest BCUT2D eigenvalue weighted by atomic mass is 9.87. The van der Waals surface area contributed by atoms with Crippen molar-refractivity contribution in [1.82, 2.24) is 19.5 Å². The van der Waals surface area contributed by atoms with Crippen LogP contribution in [-0.2, 0) is 16.6 Å². The zero-order valence-corrected chi connectivity index (χ0v) is 18.3. The van der Waals surface area contributed by atoms with Crippen molar-refractivity contribution in [3.8, 4) is 0 Å². The van der Waals surface area contributed by atoms with Gasteiger partial charge in [0.2, 0.25) is 0 Å². The van der Waals surface area contributed by atoms with Gasteiger partial charge in [0.25, 0.3) is 0 Å². The number of aliphatic hydroxyl groups excluding tert-OH is 2. The van der Waals surface area contributed by atoms with E-state index in [9.17, 15) is 10.2 Å². The number of hydrogen-bond donors (Lipinski definition) is 2. The molecule has 30 heavy (non-hydrogen) atoms. The fourth-order valence-electron chi connectivity index (χ4n) is 3.66. The van der Waals surface area contributed by atoms with Gasteiger partial charge in [-0.2, -0.15) is 0 Å². The Bertz CT molecular complexity index is 1000. The maximum atomic E-state index is 10.0. The van der Waals surface area contributed by atoms with E-state index in [1.165, 1.54) is 10.5 Å². The van der Waals surface area contributed by atoms with Gasteiger partial charge in [0.1, 0.15) is 24.2 Å². The van der Waals surface area contributed by atoms with E-state index < -0.39 is 12.2 Å². The Kier molecular flexibility index (Phi) is 6.11. The third kappa shape index (κ3) is 4.37. The molecule has 1 aromatic carbocycles. The molecule has 7 nitrogen and oxygen atoms in total. The van der Waals surface area contributed by atoms with Gasteiger partial charge < -0.3 is 14.9 Å². The molecule has 3 aromatic rings. The van der Waals surface area contributed by atoms with Crippen molar-refractivity contribution in [2.75, 3.05) is 12.4 Å². The van der Waals surface area contributed by atoms with E-state index in [0.29, 0.717) is 12.1 Å². The van der Waals surface area contributed by atoms with Crippen molar-refractivity contribution >= 4 is 22.9 Å². The highest BCUT2D eigenvalue weighted by Gasteiger charge is 2.35. The zero-order chi connectivity index (χ0) is 21.3. The number of nitrogens with zero attached hydrogens (tertiary/aromatic N) is 4. The topological polar surface area (TPSA) is 93.3 Å². The van der Waals surface area contributed by atoms with Crippen molar-refractivity contribution in [3.05, 3.63) is 48.2 Å². The highest BCUT2D eigenvalue weighted by Crippen LogP contribution is 2.31. The molecule has 3 heterocycles. The lowest BCUT2D eigenvalue weighted by molar-refractivity contribution is -0.0432. The summed E-state index contributed by atoms with van der Waals surface area (Å²) in [5.74, 6) is 0.888. The number of fused-ring (bicyclic) bond motifs is 1. The van der Waals surface area contributed by atoms with E-state index in [0.717, 1.165) is 23.4 Å². The molecule has 160 valence electrons. The first-order valence-electron chi connectivity index (χ1n) is 10.2. The van der Waals surface area contributed by atoms with Gasteiger partial charge in [0.15, 0.2) is 5.65 Å². The van der Waals surface area contributed by atoms with Gasteiger partial charge in [0.05, 0.1) is 24.7 Å². The molecule has 0 bridgehead atoms. The fraction of sp³-hybridized carbons (Fsp3) is 0.500. The van der Waals surface area contributed by atoms with Gasteiger partial charge in [-0.05, 0) is 23.1 Å². The van der Waals surface area contributed by atoms with E-state index in [2.05, 4.69) is 60.0 Å². The molecule has 0 saturated carbocycles. The Morgan fingerprint density at radius 3 is 2.60 bits per heavy atom. The van der Waals surface area contributed by atoms with E-state index >= 15 is 0 Å². The summed E-state index contributed by atoms with van der Waals surface area (Å²) in [6.45, 7) is 6.44. The summed E-state index contributed by atoms with van der Waals surface area (Å²) in [5, 5.41) is 19.3. The molecule has 1 fully saturated rings. The molecule has 0 spiro atoms. The van der Waals surface area contributed by atoms with Gasteiger partial charge in [0, 0.05) is 23.5 Å². The molecule has 0 unspecified atom stereocenters. The highest BCUT2D eigenvalue weighted by atomic mass is 32.2. The second kappa shape index (κ2) is 8.63. The van der Waals surface area contributed by atoms with Crippen LogP contribution in [0.25, 0.3) is 11.2 Å². The van der Waals surface area contributed by atoms with Crippen LogP contribution < -0.4 is 0 Å². The third-order valence-corrected chi connectivity index (χ3v) is 6.47. The minimum absolute atomic E-state index is 0.158. The minimum atomic E-state index is -0.695. The molecule has 0 aliphatic carbocycles. The number of hydrogen-bond acceptors (Lipinski definition) is 7. The Morgan fingerprint density at radius 1 is 1.17 bits per heavy atom. The van der Waals surface area contributed by atoms with Crippen molar-refractivity contribution in [1.29, 1.82) is 0 Å². The minimum Gasteiger partial charge on any atom is -0.394 e. The van der Waals surface area contributed by atoms with Crippen LogP contribution in [0, 0.1) is 0 Å². The van der Waals surface area contributed by atoms with Crippen LogP contribution in [0.5, 0.6) is 0 Å². The van der Waals surface area contributed by atoms with Crippen molar-refractivity contribution < 1.29 is 14.9 Å². The van der Waals surface area contributed by atoms with Crippen LogP contribution in [0.15, 0.2) is 41.8 Å². The average molecular weight is 429 g/mol. The molecular formula is C22H28N4O3S. The molecule has 3 atom stereocenters. The average Bonchev–Trinajstić information content (AvgIpc) is 3.31. The summed E-state index contributed by atoms with van der Waals surface area (Å²) in [5.41, 5.74) is 3.83. The quantitative estimate of drug-likeness (QED) is 0.583. The number of aromatic nitrogens is 4. The van der Waals surface area contributed by atoms with E-state index in [4.69, 9.17) is 4.74 Å². The first-order valence-corrected chi connectivity index (χ1v) is 11.2. The molecule has 0 amide bonds. The fourth-order valence-corrected chi connectivity index (χ4v) is 4.52. The number of ether oxygens (including phenoxy) is 1. The van der Waals surface area contributed by atoms with Crippen LogP contribution in [0.2, 0.25) is 0 Å². The molecule has 0 radical (unpaired) electrons. The Balaban J connectivity index is 1.43. The monoisotopic (exact) mass is 428 g/mol. The zero-order valence-electron chi connectivity index (χ0n) is 17.5. The molecule has 8 heteroatoms. The lowest BCUT2D eigenvalue weighted by Gasteiger charge is -2.19. The van der Waals surface area contributed by atoms with Crippen LogP contribution in [0.1, 0.15) is 44.7 Å². The van der Waals surface area contributed by atoms with Gasteiger partial charge in [-0.1, -0.05) is 32.9 Å². The highest BCUT2D eigenvalue weighted by molar-refractivity contribution is 7.99. The van der Waals surface area contributed by atoms with Gasteiger partial charge in [-0.3, -0.25) is 4.57 Å². The summed E-state index contributed by atoms with van der Waals surface area (Å²) in [6.07, 6.45) is 2.74. The Morgan fingerprint density at radius 2 is 1.93 bits per heavy atom. The first-order chi connectivity index (χ1) is 14.4. The molecule has 2 N–H and O–H groups in total. The summed E-state index contributed by atoms with van der Waals surface area (Å²) in [4.78, 5) is 14.6. The van der Waals surface area contributed by atoms with E-state index in [-0.39, 0.29) is 18.2 Å². The number of benzene rings is 1. The second-order valence-corrected chi connectivity index (χ2v) is 9.80. The Hall–Kier alpha value is -2.00. The molecular weight excluding hydrogens is 400 g/mol. The number of imidazole rings is 1. The smallest absolute Gasteiger partial charge is 0.165 e. The van der Waals surface area contributed by atoms with E-state index in [1.54, 1.807) is 24.4 Å². The molecule has 2 aromatic heterocycles. The van der Waals surface area contributed by atoms with Gasteiger partial charge in [-0.15, -0.1) is 11.8 Å². The SMILES string of the molecule is CC(C)(C)c1ccc(SCCc2ncnc3c2ncn3[C@H]2C[C@H](O)[C@@H](CO)O2)cc1.